The maximum atomic E-state index is 12.5. The fourth-order valence-corrected chi connectivity index (χ4v) is 3.34. The van der Waals surface area contributed by atoms with Gasteiger partial charge in [-0.15, -0.1) is 5.10 Å². The molecule has 31 heavy (non-hydrogen) atoms. The minimum Gasteiger partial charge on any atom is -0.487 e. The van der Waals surface area contributed by atoms with E-state index in [1.54, 1.807) is 41.3 Å². The Bertz CT molecular complexity index is 1180. The van der Waals surface area contributed by atoms with Crippen LogP contribution in [-0.2, 0) is 13.2 Å². The third-order valence-corrected chi connectivity index (χ3v) is 4.98. The van der Waals surface area contributed by atoms with Gasteiger partial charge in [0.25, 0.3) is 5.91 Å². The van der Waals surface area contributed by atoms with Gasteiger partial charge in [-0.2, -0.15) is 0 Å². The fraction of sp³-hybridized carbons (Fsp3) is 0.0870. The summed E-state index contributed by atoms with van der Waals surface area (Å²) >= 11 is 12.0. The van der Waals surface area contributed by atoms with Crippen LogP contribution in [0.25, 0.3) is 0 Å². The third kappa shape index (κ3) is 5.63. The molecule has 1 amide bonds. The van der Waals surface area contributed by atoms with Gasteiger partial charge in [0, 0.05) is 10.6 Å². The third-order valence-electron chi connectivity index (χ3n) is 4.45. The van der Waals surface area contributed by atoms with E-state index in [4.69, 9.17) is 27.9 Å². The van der Waals surface area contributed by atoms with Crippen molar-refractivity contribution in [2.75, 3.05) is 5.32 Å². The van der Waals surface area contributed by atoms with Crippen LogP contribution >= 0.6 is 23.2 Å². The van der Waals surface area contributed by atoms with Gasteiger partial charge < -0.3 is 4.74 Å². The van der Waals surface area contributed by atoms with Crippen LogP contribution in [0.3, 0.4) is 0 Å². The van der Waals surface area contributed by atoms with Crippen LogP contribution < -0.4 is 10.1 Å². The van der Waals surface area contributed by atoms with E-state index in [1.165, 1.54) is 0 Å². The smallest absolute Gasteiger partial charge is 0.258 e. The Labute approximate surface area is 189 Å². The first kappa shape index (κ1) is 20.9. The van der Waals surface area contributed by atoms with E-state index in [9.17, 15) is 4.79 Å². The zero-order valence-electron chi connectivity index (χ0n) is 16.3. The lowest BCUT2D eigenvalue weighted by Gasteiger charge is -2.09. The van der Waals surface area contributed by atoms with Gasteiger partial charge in [0.1, 0.15) is 18.7 Å². The van der Waals surface area contributed by atoms with E-state index in [-0.39, 0.29) is 11.9 Å². The number of anilines is 1. The van der Waals surface area contributed by atoms with E-state index in [2.05, 4.69) is 15.4 Å². The Morgan fingerprint density at radius 1 is 0.968 bits per heavy atom. The molecule has 0 aliphatic rings. The molecule has 0 saturated carbocycles. The number of rotatable bonds is 7. The number of carbonyl (C=O) groups is 1. The Morgan fingerprint density at radius 2 is 1.74 bits per heavy atom. The largest absolute Gasteiger partial charge is 0.487 e. The van der Waals surface area contributed by atoms with Crippen LogP contribution in [0.15, 0.2) is 79.1 Å². The number of nitrogens with zero attached hydrogens (tertiary/aromatic N) is 3. The highest BCUT2D eigenvalue weighted by molar-refractivity contribution is 6.35. The van der Waals surface area contributed by atoms with Crippen LogP contribution in [0.1, 0.15) is 21.5 Å². The molecule has 0 aliphatic heterocycles. The monoisotopic (exact) mass is 452 g/mol. The van der Waals surface area contributed by atoms with Crippen molar-refractivity contribution in [2.24, 2.45) is 0 Å². The summed E-state index contributed by atoms with van der Waals surface area (Å²) < 4.78 is 7.39. The van der Waals surface area contributed by atoms with Gasteiger partial charge in [-0.1, -0.05) is 65.7 Å². The average Bonchev–Trinajstić information content (AvgIpc) is 3.21. The molecule has 8 heteroatoms. The molecule has 6 nitrogen and oxygen atoms in total. The number of aromatic nitrogens is 3. The molecule has 3 aromatic carbocycles. The molecule has 4 aromatic rings. The molecule has 1 heterocycles. The van der Waals surface area contributed by atoms with E-state index in [1.807, 2.05) is 42.5 Å². The minimum atomic E-state index is -0.286. The summed E-state index contributed by atoms with van der Waals surface area (Å²) in [6.45, 7) is 0.894. The van der Waals surface area contributed by atoms with Crippen LogP contribution in [0.4, 0.5) is 5.95 Å². The van der Waals surface area contributed by atoms with E-state index in [0.29, 0.717) is 34.5 Å². The first-order valence-corrected chi connectivity index (χ1v) is 10.2. The molecule has 156 valence electrons. The molecule has 0 bridgehead atoms. The number of halogens is 2. The quantitative estimate of drug-likeness (QED) is 0.403. The molecule has 0 atom stereocenters. The molecule has 0 saturated heterocycles. The summed E-state index contributed by atoms with van der Waals surface area (Å²) in [7, 11) is 0. The first-order chi connectivity index (χ1) is 15.1. The molecule has 0 fully saturated rings. The molecular weight excluding hydrogens is 435 g/mol. The van der Waals surface area contributed by atoms with Gasteiger partial charge in [-0.3, -0.25) is 10.1 Å². The standard InChI is InChI=1S/C23H18Cl2N4O2/c24-19-10-11-21(20(25)12-19)31-14-17-6-8-18(9-7-17)22(30)27-23-26-15-29(28-23)13-16-4-2-1-3-5-16/h1-12,15H,13-14H2,(H,27,28,30). The zero-order valence-corrected chi connectivity index (χ0v) is 17.8. The summed E-state index contributed by atoms with van der Waals surface area (Å²) in [6, 6.07) is 22.0. The van der Waals surface area contributed by atoms with Gasteiger partial charge in [0.05, 0.1) is 11.6 Å². The predicted octanol–water partition coefficient (Wildman–Crippen LogP) is 5.46. The molecule has 0 unspecified atom stereocenters. The molecular formula is C23H18Cl2N4O2. The molecule has 4 rings (SSSR count). The van der Waals surface area contributed by atoms with E-state index >= 15 is 0 Å². The van der Waals surface area contributed by atoms with Gasteiger partial charge in [0.15, 0.2) is 0 Å². The summed E-state index contributed by atoms with van der Waals surface area (Å²) in [6.07, 6.45) is 1.59. The predicted molar refractivity (Wildman–Crippen MR) is 121 cm³/mol. The highest BCUT2D eigenvalue weighted by Crippen LogP contribution is 2.28. The first-order valence-electron chi connectivity index (χ1n) is 9.48. The minimum absolute atomic E-state index is 0.255. The summed E-state index contributed by atoms with van der Waals surface area (Å²) in [5, 5.41) is 8.00. The van der Waals surface area contributed by atoms with Crippen LogP contribution in [0.2, 0.25) is 10.0 Å². The van der Waals surface area contributed by atoms with Crippen LogP contribution in [-0.4, -0.2) is 20.7 Å². The van der Waals surface area contributed by atoms with Crippen molar-refractivity contribution in [3.8, 4) is 5.75 Å². The Kier molecular flexibility index (Phi) is 6.50. The lowest BCUT2D eigenvalue weighted by molar-refractivity contribution is 0.102. The molecule has 1 aromatic heterocycles. The number of benzene rings is 3. The highest BCUT2D eigenvalue weighted by Gasteiger charge is 2.10. The van der Waals surface area contributed by atoms with Crippen molar-refractivity contribution in [3.63, 3.8) is 0 Å². The lowest BCUT2D eigenvalue weighted by Crippen LogP contribution is -2.13. The molecule has 0 aliphatic carbocycles. The fourth-order valence-electron chi connectivity index (χ4n) is 2.88. The number of amides is 1. The van der Waals surface area contributed by atoms with Crippen molar-refractivity contribution in [3.05, 3.63) is 106 Å². The van der Waals surface area contributed by atoms with Gasteiger partial charge in [-0.25, -0.2) is 9.67 Å². The topological polar surface area (TPSA) is 69.0 Å². The lowest BCUT2D eigenvalue weighted by atomic mass is 10.1. The zero-order chi connectivity index (χ0) is 21.6. The normalized spacial score (nSPS) is 10.6. The summed E-state index contributed by atoms with van der Waals surface area (Å²) in [4.78, 5) is 16.6. The number of nitrogens with one attached hydrogen (secondary N) is 1. The molecule has 0 radical (unpaired) electrons. The van der Waals surface area contributed by atoms with Crippen LogP contribution in [0, 0.1) is 0 Å². The SMILES string of the molecule is O=C(Nc1ncn(Cc2ccccc2)n1)c1ccc(COc2ccc(Cl)cc2Cl)cc1. The molecule has 0 spiro atoms. The van der Waals surface area contributed by atoms with Crippen molar-refractivity contribution in [1.82, 2.24) is 14.8 Å². The van der Waals surface area contributed by atoms with Gasteiger partial charge >= 0.3 is 0 Å². The van der Waals surface area contributed by atoms with Crippen molar-refractivity contribution >= 4 is 35.1 Å². The highest BCUT2D eigenvalue weighted by atomic mass is 35.5. The van der Waals surface area contributed by atoms with Crippen LogP contribution in [0.5, 0.6) is 5.75 Å². The second-order valence-corrected chi connectivity index (χ2v) is 7.61. The van der Waals surface area contributed by atoms with Gasteiger partial charge in [-0.05, 0) is 41.5 Å². The Morgan fingerprint density at radius 3 is 2.48 bits per heavy atom. The summed E-state index contributed by atoms with van der Waals surface area (Å²) in [5.41, 5.74) is 2.49. The second-order valence-electron chi connectivity index (χ2n) is 6.77. The Balaban J connectivity index is 1.33. The van der Waals surface area contributed by atoms with E-state index < -0.39 is 0 Å². The Hall–Kier alpha value is -3.35. The van der Waals surface area contributed by atoms with Crippen molar-refractivity contribution in [2.45, 2.75) is 13.2 Å². The maximum Gasteiger partial charge on any atom is 0.258 e. The van der Waals surface area contributed by atoms with Crippen molar-refractivity contribution in [1.29, 1.82) is 0 Å². The number of carbonyl (C=O) groups excluding carboxylic acids is 1. The molecule has 1 N–H and O–H groups in total. The summed E-state index contributed by atoms with van der Waals surface area (Å²) in [5.74, 6) is 0.515. The number of hydrogen-bond donors (Lipinski definition) is 1. The van der Waals surface area contributed by atoms with Crippen molar-refractivity contribution < 1.29 is 9.53 Å². The van der Waals surface area contributed by atoms with E-state index in [0.717, 1.165) is 11.1 Å². The maximum absolute atomic E-state index is 12.5. The number of ether oxygens (including phenoxy) is 1. The number of hydrogen-bond acceptors (Lipinski definition) is 4. The average molecular weight is 453 g/mol. The second kappa shape index (κ2) is 9.64. The van der Waals surface area contributed by atoms with Gasteiger partial charge in [0.2, 0.25) is 5.95 Å².